The Kier molecular flexibility index (Phi) is 4.13. The molecule has 2 rings (SSSR count). The fraction of sp³-hybridized carbons (Fsp3) is 0.308. The molecular formula is C13H17ClN2. The first-order chi connectivity index (χ1) is 7.16. The van der Waals surface area contributed by atoms with Crippen LogP contribution >= 0.6 is 12.4 Å². The van der Waals surface area contributed by atoms with Crippen LogP contribution < -0.4 is 0 Å². The van der Waals surface area contributed by atoms with E-state index in [0.717, 1.165) is 0 Å². The van der Waals surface area contributed by atoms with Crippen LogP contribution in [-0.4, -0.2) is 9.97 Å². The summed E-state index contributed by atoms with van der Waals surface area (Å²) >= 11 is 0. The van der Waals surface area contributed by atoms with Crippen LogP contribution in [0.4, 0.5) is 0 Å². The van der Waals surface area contributed by atoms with E-state index in [4.69, 9.17) is 0 Å². The Morgan fingerprint density at radius 1 is 1.12 bits per heavy atom. The first-order valence-electron chi connectivity index (χ1n) is 5.23. The van der Waals surface area contributed by atoms with Crippen molar-refractivity contribution in [2.24, 2.45) is 0 Å². The Balaban J connectivity index is 0.00000128. The lowest BCUT2D eigenvalue weighted by atomic mass is 9.95. The Hall–Kier alpha value is -1.28. The van der Waals surface area contributed by atoms with Crippen LogP contribution in [0, 0.1) is 13.8 Å². The highest BCUT2D eigenvalue weighted by molar-refractivity contribution is 5.85. The van der Waals surface area contributed by atoms with Crippen LogP contribution in [0.25, 0.3) is 0 Å². The molecule has 1 atom stereocenters. The third-order valence-corrected chi connectivity index (χ3v) is 2.73. The van der Waals surface area contributed by atoms with Crippen molar-refractivity contribution in [1.82, 2.24) is 9.97 Å². The first-order valence-corrected chi connectivity index (χ1v) is 5.23. The number of aryl methyl sites for hydroxylation is 2. The summed E-state index contributed by atoms with van der Waals surface area (Å²) in [6.07, 6.45) is 3.62. The molecule has 0 bridgehead atoms. The number of nitrogens with zero attached hydrogens (tertiary/aromatic N) is 1. The minimum atomic E-state index is 0. The second-order valence-electron chi connectivity index (χ2n) is 4.15. The van der Waals surface area contributed by atoms with Gasteiger partial charge in [-0.3, -0.25) is 0 Å². The van der Waals surface area contributed by atoms with Crippen LogP contribution in [0.3, 0.4) is 0 Å². The summed E-state index contributed by atoms with van der Waals surface area (Å²) in [4.78, 5) is 7.22. The van der Waals surface area contributed by atoms with Crippen LogP contribution in [0.5, 0.6) is 0 Å². The highest BCUT2D eigenvalue weighted by Gasteiger charge is 2.09. The van der Waals surface area contributed by atoms with Crippen molar-refractivity contribution in [3.05, 3.63) is 53.1 Å². The molecule has 0 spiro atoms. The molecule has 0 saturated carbocycles. The van der Waals surface area contributed by atoms with E-state index in [1.807, 2.05) is 6.20 Å². The summed E-state index contributed by atoms with van der Waals surface area (Å²) in [6, 6.07) is 6.67. The quantitative estimate of drug-likeness (QED) is 0.848. The third-order valence-electron chi connectivity index (χ3n) is 2.73. The molecule has 2 nitrogen and oxygen atoms in total. The lowest BCUT2D eigenvalue weighted by Gasteiger charge is -2.11. The average Bonchev–Trinajstić information content (AvgIpc) is 2.67. The minimum Gasteiger partial charge on any atom is -0.348 e. The molecule has 0 aliphatic heterocycles. The van der Waals surface area contributed by atoms with E-state index in [1.54, 1.807) is 6.33 Å². The number of benzene rings is 1. The average molecular weight is 237 g/mol. The molecule has 0 fully saturated rings. The van der Waals surface area contributed by atoms with Gasteiger partial charge < -0.3 is 4.98 Å². The monoisotopic (exact) mass is 236 g/mol. The molecule has 1 unspecified atom stereocenters. The molecule has 0 aliphatic carbocycles. The number of halogens is 1. The van der Waals surface area contributed by atoms with Crippen LogP contribution in [0.2, 0.25) is 0 Å². The van der Waals surface area contributed by atoms with Gasteiger partial charge in [0.25, 0.3) is 0 Å². The van der Waals surface area contributed by atoms with Gasteiger partial charge >= 0.3 is 0 Å². The molecule has 0 saturated heterocycles. The SMILES string of the molecule is Cc1cc(C)cc(C(C)c2cnc[nH]2)c1.Cl. The second-order valence-corrected chi connectivity index (χ2v) is 4.15. The summed E-state index contributed by atoms with van der Waals surface area (Å²) in [6.45, 7) is 6.47. The van der Waals surface area contributed by atoms with Gasteiger partial charge in [0.05, 0.1) is 6.33 Å². The standard InChI is InChI=1S/C13H16N2.ClH/c1-9-4-10(2)6-12(5-9)11(3)13-7-14-8-15-13;/h4-8,11H,1-3H3,(H,14,15);1H. The molecule has 1 heterocycles. The fourth-order valence-corrected chi connectivity index (χ4v) is 1.94. The zero-order chi connectivity index (χ0) is 10.8. The van der Waals surface area contributed by atoms with E-state index in [-0.39, 0.29) is 12.4 Å². The van der Waals surface area contributed by atoms with E-state index < -0.39 is 0 Å². The topological polar surface area (TPSA) is 28.7 Å². The van der Waals surface area contributed by atoms with Gasteiger partial charge in [0.15, 0.2) is 0 Å². The van der Waals surface area contributed by atoms with Crippen molar-refractivity contribution in [2.45, 2.75) is 26.7 Å². The van der Waals surface area contributed by atoms with Crippen molar-refractivity contribution < 1.29 is 0 Å². The van der Waals surface area contributed by atoms with Gasteiger partial charge in [0.1, 0.15) is 0 Å². The summed E-state index contributed by atoms with van der Waals surface area (Å²) in [5, 5.41) is 0. The van der Waals surface area contributed by atoms with Gasteiger partial charge in [-0.25, -0.2) is 4.98 Å². The summed E-state index contributed by atoms with van der Waals surface area (Å²) in [7, 11) is 0. The van der Waals surface area contributed by atoms with E-state index in [1.165, 1.54) is 22.4 Å². The molecule has 3 heteroatoms. The Morgan fingerprint density at radius 2 is 1.75 bits per heavy atom. The van der Waals surface area contributed by atoms with Gasteiger partial charge in [-0.05, 0) is 19.4 Å². The highest BCUT2D eigenvalue weighted by atomic mass is 35.5. The van der Waals surface area contributed by atoms with E-state index in [0.29, 0.717) is 5.92 Å². The predicted molar refractivity (Wildman–Crippen MR) is 69.3 cm³/mol. The number of H-pyrrole nitrogens is 1. The molecule has 1 aromatic carbocycles. The Labute approximate surface area is 103 Å². The number of hydrogen-bond donors (Lipinski definition) is 1. The molecule has 16 heavy (non-hydrogen) atoms. The lowest BCUT2D eigenvalue weighted by molar-refractivity contribution is 0.879. The van der Waals surface area contributed by atoms with Crippen LogP contribution in [-0.2, 0) is 0 Å². The van der Waals surface area contributed by atoms with E-state index in [9.17, 15) is 0 Å². The minimum absolute atomic E-state index is 0. The van der Waals surface area contributed by atoms with Gasteiger partial charge in [0, 0.05) is 17.8 Å². The number of nitrogens with one attached hydrogen (secondary N) is 1. The zero-order valence-corrected chi connectivity index (χ0v) is 10.6. The number of rotatable bonds is 2. The molecule has 2 aromatic rings. The number of aromatic nitrogens is 2. The van der Waals surface area contributed by atoms with Crippen LogP contribution in [0.15, 0.2) is 30.7 Å². The second kappa shape index (κ2) is 5.17. The smallest absolute Gasteiger partial charge is 0.0921 e. The number of imidazole rings is 1. The third kappa shape index (κ3) is 2.64. The maximum absolute atomic E-state index is 4.06. The molecule has 0 amide bonds. The lowest BCUT2D eigenvalue weighted by Crippen LogP contribution is -1.97. The number of hydrogen-bond acceptors (Lipinski definition) is 1. The highest BCUT2D eigenvalue weighted by Crippen LogP contribution is 2.23. The van der Waals surface area contributed by atoms with Crippen molar-refractivity contribution >= 4 is 12.4 Å². The van der Waals surface area contributed by atoms with Gasteiger partial charge in [-0.1, -0.05) is 36.2 Å². The van der Waals surface area contributed by atoms with Crippen LogP contribution in [0.1, 0.15) is 35.2 Å². The van der Waals surface area contributed by atoms with Gasteiger partial charge in [-0.2, -0.15) is 0 Å². The maximum Gasteiger partial charge on any atom is 0.0921 e. The van der Waals surface area contributed by atoms with Crippen molar-refractivity contribution in [3.63, 3.8) is 0 Å². The molecule has 1 aromatic heterocycles. The maximum atomic E-state index is 4.06. The van der Waals surface area contributed by atoms with Gasteiger partial charge in [-0.15, -0.1) is 12.4 Å². The summed E-state index contributed by atoms with van der Waals surface area (Å²) in [5.41, 5.74) is 5.14. The first kappa shape index (κ1) is 12.8. The molecule has 0 radical (unpaired) electrons. The van der Waals surface area contributed by atoms with Crippen molar-refractivity contribution in [3.8, 4) is 0 Å². The normalized spacial score (nSPS) is 11.9. The summed E-state index contributed by atoms with van der Waals surface area (Å²) in [5.74, 6) is 0.381. The number of aromatic amines is 1. The molecule has 0 aliphatic rings. The van der Waals surface area contributed by atoms with Crippen molar-refractivity contribution in [1.29, 1.82) is 0 Å². The van der Waals surface area contributed by atoms with Gasteiger partial charge in [0.2, 0.25) is 0 Å². The Morgan fingerprint density at radius 3 is 2.25 bits per heavy atom. The Bertz CT molecular complexity index is 429. The molecular weight excluding hydrogens is 220 g/mol. The predicted octanol–water partition coefficient (Wildman–Crippen LogP) is 3.60. The fourth-order valence-electron chi connectivity index (χ4n) is 1.94. The zero-order valence-electron chi connectivity index (χ0n) is 9.82. The summed E-state index contributed by atoms with van der Waals surface area (Å²) < 4.78 is 0. The molecule has 1 N–H and O–H groups in total. The van der Waals surface area contributed by atoms with E-state index in [2.05, 4.69) is 48.9 Å². The van der Waals surface area contributed by atoms with E-state index >= 15 is 0 Å². The molecule has 86 valence electrons. The largest absolute Gasteiger partial charge is 0.348 e. The van der Waals surface area contributed by atoms with Crippen molar-refractivity contribution in [2.75, 3.05) is 0 Å².